The second kappa shape index (κ2) is 4.70. The number of nitrogens with zero attached hydrogens (tertiary/aromatic N) is 4. The molecule has 0 radical (unpaired) electrons. The van der Waals surface area contributed by atoms with Gasteiger partial charge >= 0.3 is 0 Å². The standard InChI is InChI=1S/C11H14ClN5O/c1-17(7-2-4-18-5-3-7)10-8-6-13-16-9(8)14-11(12)15-10/h6-7H,2-5H2,1H3,(H,13,14,15,16). The van der Waals surface area contributed by atoms with Crippen LogP contribution in [0.3, 0.4) is 0 Å². The average molecular weight is 268 g/mol. The number of halogens is 1. The summed E-state index contributed by atoms with van der Waals surface area (Å²) in [4.78, 5) is 10.6. The highest BCUT2D eigenvalue weighted by Gasteiger charge is 2.22. The first-order chi connectivity index (χ1) is 8.75. The van der Waals surface area contributed by atoms with Gasteiger partial charge in [-0.3, -0.25) is 5.10 Å². The van der Waals surface area contributed by atoms with Crippen LogP contribution in [0.1, 0.15) is 12.8 Å². The summed E-state index contributed by atoms with van der Waals surface area (Å²) in [6.07, 6.45) is 3.73. The van der Waals surface area contributed by atoms with E-state index in [1.807, 2.05) is 7.05 Å². The molecule has 0 spiro atoms. The van der Waals surface area contributed by atoms with Crippen LogP contribution < -0.4 is 4.90 Å². The molecule has 1 aliphatic rings. The number of hydrogen-bond acceptors (Lipinski definition) is 5. The molecule has 3 rings (SSSR count). The predicted molar refractivity (Wildman–Crippen MR) is 68.9 cm³/mol. The second-order valence-electron chi connectivity index (χ2n) is 4.40. The molecule has 18 heavy (non-hydrogen) atoms. The van der Waals surface area contributed by atoms with Crippen molar-refractivity contribution < 1.29 is 4.74 Å². The zero-order valence-electron chi connectivity index (χ0n) is 10.1. The van der Waals surface area contributed by atoms with Crippen molar-refractivity contribution in [2.45, 2.75) is 18.9 Å². The number of ether oxygens (including phenoxy) is 1. The molecule has 0 bridgehead atoms. The SMILES string of the molecule is CN(c1nc(Cl)nc2[nH]ncc12)C1CCOCC1. The molecule has 0 saturated carbocycles. The maximum absolute atomic E-state index is 5.94. The highest BCUT2D eigenvalue weighted by atomic mass is 35.5. The summed E-state index contributed by atoms with van der Waals surface area (Å²) >= 11 is 5.94. The lowest BCUT2D eigenvalue weighted by atomic mass is 10.1. The smallest absolute Gasteiger partial charge is 0.226 e. The molecule has 0 atom stereocenters. The molecule has 2 aromatic heterocycles. The van der Waals surface area contributed by atoms with Crippen molar-refractivity contribution in [3.8, 4) is 0 Å². The summed E-state index contributed by atoms with van der Waals surface area (Å²) in [6, 6.07) is 0.419. The Morgan fingerprint density at radius 1 is 1.39 bits per heavy atom. The van der Waals surface area contributed by atoms with Crippen LogP contribution in [0, 0.1) is 0 Å². The fraction of sp³-hybridized carbons (Fsp3) is 0.545. The Morgan fingerprint density at radius 2 is 2.17 bits per heavy atom. The maximum atomic E-state index is 5.94. The Hall–Kier alpha value is -1.40. The summed E-state index contributed by atoms with van der Waals surface area (Å²) in [5.41, 5.74) is 0.670. The first-order valence-electron chi connectivity index (χ1n) is 5.93. The molecule has 1 aliphatic heterocycles. The van der Waals surface area contributed by atoms with Gasteiger partial charge in [-0.15, -0.1) is 0 Å². The quantitative estimate of drug-likeness (QED) is 0.838. The van der Waals surface area contributed by atoms with Gasteiger partial charge in [-0.05, 0) is 24.4 Å². The van der Waals surface area contributed by atoms with E-state index in [1.165, 1.54) is 0 Å². The molecule has 0 unspecified atom stereocenters. The van der Waals surface area contributed by atoms with Crippen molar-refractivity contribution >= 4 is 28.5 Å². The van der Waals surface area contributed by atoms with Crippen LogP contribution in [0.25, 0.3) is 11.0 Å². The fourth-order valence-electron chi connectivity index (χ4n) is 2.31. The Balaban J connectivity index is 1.99. The minimum atomic E-state index is 0.237. The number of rotatable bonds is 2. The molecule has 0 aliphatic carbocycles. The van der Waals surface area contributed by atoms with E-state index in [0.717, 1.165) is 37.3 Å². The predicted octanol–water partition coefficient (Wildman–Crippen LogP) is 1.62. The number of fused-ring (bicyclic) bond motifs is 1. The summed E-state index contributed by atoms with van der Waals surface area (Å²) in [6.45, 7) is 1.59. The molecule has 1 saturated heterocycles. The fourth-order valence-corrected chi connectivity index (χ4v) is 2.47. The molecular formula is C11H14ClN5O. The lowest BCUT2D eigenvalue weighted by Gasteiger charge is -2.32. The van der Waals surface area contributed by atoms with Crippen molar-refractivity contribution in [2.24, 2.45) is 0 Å². The third-order valence-electron chi connectivity index (χ3n) is 3.33. The summed E-state index contributed by atoms with van der Waals surface area (Å²) in [5, 5.41) is 7.95. The van der Waals surface area contributed by atoms with Crippen LogP contribution in [0.4, 0.5) is 5.82 Å². The van der Waals surface area contributed by atoms with Crippen molar-refractivity contribution in [1.29, 1.82) is 0 Å². The Labute approximate surface area is 109 Å². The normalized spacial score (nSPS) is 17.2. The Bertz CT molecular complexity index is 551. The molecule has 0 aromatic carbocycles. The topological polar surface area (TPSA) is 66.9 Å². The zero-order chi connectivity index (χ0) is 12.5. The lowest BCUT2D eigenvalue weighted by Crippen LogP contribution is -2.37. The minimum absolute atomic E-state index is 0.237. The van der Waals surface area contributed by atoms with E-state index >= 15 is 0 Å². The summed E-state index contributed by atoms with van der Waals surface area (Å²) in [5.74, 6) is 0.825. The zero-order valence-corrected chi connectivity index (χ0v) is 10.8. The highest BCUT2D eigenvalue weighted by molar-refractivity contribution is 6.28. The third kappa shape index (κ3) is 2.02. The van der Waals surface area contributed by atoms with Gasteiger partial charge in [-0.25, -0.2) is 0 Å². The van der Waals surface area contributed by atoms with E-state index in [1.54, 1.807) is 6.20 Å². The van der Waals surface area contributed by atoms with Crippen LogP contribution in [0.2, 0.25) is 5.28 Å². The molecule has 0 amide bonds. The summed E-state index contributed by atoms with van der Waals surface area (Å²) in [7, 11) is 2.03. The number of hydrogen-bond donors (Lipinski definition) is 1. The van der Waals surface area contributed by atoms with Crippen molar-refractivity contribution in [2.75, 3.05) is 25.2 Å². The molecule has 96 valence electrons. The van der Waals surface area contributed by atoms with Crippen molar-refractivity contribution in [1.82, 2.24) is 20.2 Å². The largest absolute Gasteiger partial charge is 0.381 e. The van der Waals surface area contributed by atoms with Gasteiger partial charge in [0, 0.05) is 26.3 Å². The van der Waals surface area contributed by atoms with Crippen molar-refractivity contribution in [3.63, 3.8) is 0 Å². The third-order valence-corrected chi connectivity index (χ3v) is 3.50. The molecular weight excluding hydrogens is 254 g/mol. The van der Waals surface area contributed by atoms with Gasteiger partial charge in [-0.1, -0.05) is 0 Å². The maximum Gasteiger partial charge on any atom is 0.226 e. The summed E-state index contributed by atoms with van der Waals surface area (Å²) < 4.78 is 5.38. The first-order valence-corrected chi connectivity index (χ1v) is 6.30. The van der Waals surface area contributed by atoms with Crippen LogP contribution >= 0.6 is 11.6 Å². The van der Waals surface area contributed by atoms with E-state index in [0.29, 0.717) is 11.7 Å². The number of nitrogens with one attached hydrogen (secondary N) is 1. The van der Waals surface area contributed by atoms with Gasteiger partial charge in [0.25, 0.3) is 0 Å². The first kappa shape index (κ1) is 11.7. The van der Waals surface area contributed by atoms with Crippen LogP contribution in [0.15, 0.2) is 6.20 Å². The van der Waals surface area contributed by atoms with Gasteiger partial charge in [0.05, 0.1) is 11.6 Å². The number of aromatic amines is 1. The van der Waals surface area contributed by atoms with E-state index in [4.69, 9.17) is 16.3 Å². The Kier molecular flexibility index (Phi) is 3.05. The highest BCUT2D eigenvalue weighted by Crippen LogP contribution is 2.26. The monoisotopic (exact) mass is 267 g/mol. The van der Waals surface area contributed by atoms with Gasteiger partial charge < -0.3 is 9.64 Å². The van der Waals surface area contributed by atoms with E-state index in [2.05, 4.69) is 25.1 Å². The molecule has 2 aromatic rings. The Morgan fingerprint density at radius 3 is 2.94 bits per heavy atom. The van der Waals surface area contributed by atoms with Gasteiger partial charge in [0.1, 0.15) is 5.82 Å². The van der Waals surface area contributed by atoms with Crippen LogP contribution in [0.5, 0.6) is 0 Å². The van der Waals surface area contributed by atoms with E-state index in [-0.39, 0.29) is 5.28 Å². The second-order valence-corrected chi connectivity index (χ2v) is 4.74. The van der Waals surface area contributed by atoms with Gasteiger partial charge in [0.15, 0.2) is 5.65 Å². The van der Waals surface area contributed by atoms with Gasteiger partial charge in [-0.2, -0.15) is 15.1 Å². The average Bonchev–Trinajstić information content (AvgIpc) is 2.86. The molecule has 3 heterocycles. The number of aromatic nitrogens is 4. The molecule has 7 heteroatoms. The minimum Gasteiger partial charge on any atom is -0.381 e. The van der Waals surface area contributed by atoms with Crippen LogP contribution in [-0.4, -0.2) is 46.5 Å². The van der Waals surface area contributed by atoms with Gasteiger partial charge in [0.2, 0.25) is 5.28 Å². The number of anilines is 1. The number of H-pyrrole nitrogens is 1. The lowest BCUT2D eigenvalue weighted by molar-refractivity contribution is 0.0854. The van der Waals surface area contributed by atoms with E-state index in [9.17, 15) is 0 Å². The molecule has 1 N–H and O–H groups in total. The van der Waals surface area contributed by atoms with Crippen molar-refractivity contribution in [3.05, 3.63) is 11.5 Å². The van der Waals surface area contributed by atoms with Crippen LogP contribution in [-0.2, 0) is 4.74 Å². The van der Waals surface area contributed by atoms with E-state index < -0.39 is 0 Å². The molecule has 1 fully saturated rings. The molecule has 6 nitrogen and oxygen atoms in total.